The molecule has 116 valence electrons. The zero-order chi connectivity index (χ0) is 15.4. The predicted molar refractivity (Wildman–Crippen MR) is 79.5 cm³/mol. The van der Waals surface area contributed by atoms with E-state index in [0.29, 0.717) is 13.2 Å². The number of ether oxygens (including phenoxy) is 2. The van der Waals surface area contributed by atoms with Gasteiger partial charge in [-0.15, -0.1) is 0 Å². The van der Waals surface area contributed by atoms with Crippen LogP contribution in [0.15, 0.2) is 24.3 Å². The lowest BCUT2D eigenvalue weighted by molar-refractivity contribution is -0.143. The van der Waals surface area contributed by atoms with Crippen molar-refractivity contribution in [3.05, 3.63) is 29.8 Å². The molecule has 1 fully saturated rings. The quantitative estimate of drug-likeness (QED) is 0.871. The Bertz CT molecular complexity index is 474. The zero-order valence-electron chi connectivity index (χ0n) is 12.8. The predicted octanol–water partition coefficient (Wildman–Crippen LogP) is 2.18. The van der Waals surface area contributed by atoms with Crippen LogP contribution in [-0.4, -0.2) is 48.9 Å². The number of hydrogen-bond donors (Lipinski definition) is 1. The first-order valence-electron chi connectivity index (χ1n) is 7.28. The minimum absolute atomic E-state index is 0.0791. The van der Waals surface area contributed by atoms with E-state index < -0.39 is 11.9 Å². The van der Waals surface area contributed by atoms with E-state index in [-0.39, 0.29) is 12.1 Å². The van der Waals surface area contributed by atoms with E-state index in [2.05, 4.69) is 18.7 Å². The van der Waals surface area contributed by atoms with E-state index in [1.807, 2.05) is 24.3 Å². The molecule has 3 atom stereocenters. The smallest absolute Gasteiger partial charge is 0.310 e. The molecule has 21 heavy (non-hydrogen) atoms. The van der Waals surface area contributed by atoms with E-state index in [9.17, 15) is 9.90 Å². The number of carboxylic acid groups (broad SMARTS) is 1. The SMILES string of the molecule is CCN(C(C)c1ccc(OC)cc1)C1COCC1C(=O)O. The Kier molecular flexibility index (Phi) is 5.20. The second kappa shape index (κ2) is 6.91. The first-order chi connectivity index (χ1) is 10.1. The Morgan fingerprint density at radius 3 is 2.62 bits per heavy atom. The number of likely N-dealkylation sites (N-methyl/N-ethyl adjacent to an activating group) is 1. The lowest BCUT2D eigenvalue weighted by atomic mass is 9.98. The van der Waals surface area contributed by atoms with Gasteiger partial charge in [-0.25, -0.2) is 0 Å². The van der Waals surface area contributed by atoms with Crippen molar-refractivity contribution in [2.45, 2.75) is 25.9 Å². The third-order valence-electron chi connectivity index (χ3n) is 4.25. The molecule has 1 aromatic carbocycles. The Hall–Kier alpha value is -1.59. The zero-order valence-corrected chi connectivity index (χ0v) is 12.8. The molecule has 0 aromatic heterocycles. The van der Waals surface area contributed by atoms with Gasteiger partial charge in [0, 0.05) is 12.1 Å². The molecule has 1 N–H and O–H groups in total. The molecule has 0 amide bonds. The van der Waals surface area contributed by atoms with Crippen LogP contribution in [0.2, 0.25) is 0 Å². The molecule has 3 unspecified atom stereocenters. The number of rotatable bonds is 6. The standard InChI is InChI=1S/C16H23NO4/c1-4-17(15-10-21-9-14(15)16(18)19)11(2)12-5-7-13(20-3)8-6-12/h5-8,11,14-15H,4,9-10H2,1-3H3,(H,18,19). The summed E-state index contributed by atoms with van der Waals surface area (Å²) in [5.74, 6) is -0.412. The number of carbonyl (C=O) groups is 1. The highest BCUT2D eigenvalue weighted by atomic mass is 16.5. The van der Waals surface area contributed by atoms with Crippen LogP contribution in [0.25, 0.3) is 0 Å². The van der Waals surface area contributed by atoms with Crippen molar-refractivity contribution in [1.82, 2.24) is 4.90 Å². The van der Waals surface area contributed by atoms with Gasteiger partial charge in [-0.3, -0.25) is 9.69 Å². The molecule has 1 saturated heterocycles. The lowest BCUT2D eigenvalue weighted by Gasteiger charge is -2.34. The van der Waals surface area contributed by atoms with Crippen molar-refractivity contribution < 1.29 is 19.4 Å². The summed E-state index contributed by atoms with van der Waals surface area (Å²) in [5.41, 5.74) is 1.15. The molecule has 1 aromatic rings. The van der Waals surface area contributed by atoms with Gasteiger partial charge in [0.15, 0.2) is 0 Å². The fraction of sp³-hybridized carbons (Fsp3) is 0.562. The summed E-state index contributed by atoms with van der Waals surface area (Å²) in [6.45, 7) is 5.71. The average Bonchev–Trinajstić information content (AvgIpc) is 2.97. The van der Waals surface area contributed by atoms with Gasteiger partial charge < -0.3 is 14.6 Å². The summed E-state index contributed by atoms with van der Waals surface area (Å²) in [7, 11) is 1.64. The number of aliphatic carboxylic acids is 1. The van der Waals surface area contributed by atoms with E-state index in [0.717, 1.165) is 17.9 Å². The summed E-state index contributed by atoms with van der Waals surface area (Å²) >= 11 is 0. The molecule has 5 heteroatoms. The van der Waals surface area contributed by atoms with Gasteiger partial charge in [-0.2, -0.15) is 0 Å². The summed E-state index contributed by atoms with van der Waals surface area (Å²) in [4.78, 5) is 13.6. The first-order valence-corrected chi connectivity index (χ1v) is 7.28. The Morgan fingerprint density at radius 2 is 2.10 bits per heavy atom. The van der Waals surface area contributed by atoms with Gasteiger partial charge in [0.2, 0.25) is 0 Å². The van der Waals surface area contributed by atoms with Crippen molar-refractivity contribution in [3.63, 3.8) is 0 Å². The highest BCUT2D eigenvalue weighted by molar-refractivity contribution is 5.71. The molecule has 2 rings (SSSR count). The molecule has 0 aliphatic carbocycles. The minimum Gasteiger partial charge on any atom is -0.497 e. The largest absolute Gasteiger partial charge is 0.497 e. The van der Waals surface area contributed by atoms with Crippen LogP contribution >= 0.6 is 0 Å². The van der Waals surface area contributed by atoms with Crippen LogP contribution in [0.5, 0.6) is 5.75 Å². The van der Waals surface area contributed by atoms with Crippen molar-refractivity contribution in [2.24, 2.45) is 5.92 Å². The van der Waals surface area contributed by atoms with Crippen LogP contribution in [-0.2, 0) is 9.53 Å². The summed E-state index contributed by atoms with van der Waals surface area (Å²) in [6, 6.07) is 7.97. The third kappa shape index (κ3) is 3.36. The molecular weight excluding hydrogens is 270 g/mol. The van der Waals surface area contributed by atoms with Crippen LogP contribution in [0.1, 0.15) is 25.5 Å². The van der Waals surface area contributed by atoms with Crippen LogP contribution < -0.4 is 4.74 Å². The van der Waals surface area contributed by atoms with Crippen LogP contribution in [0.3, 0.4) is 0 Å². The maximum atomic E-state index is 11.4. The van der Waals surface area contributed by atoms with Gasteiger partial charge in [-0.1, -0.05) is 19.1 Å². The minimum atomic E-state index is -0.780. The topological polar surface area (TPSA) is 59.0 Å². The molecule has 0 spiro atoms. The fourth-order valence-corrected chi connectivity index (χ4v) is 2.98. The number of methoxy groups -OCH3 is 1. The van der Waals surface area contributed by atoms with E-state index >= 15 is 0 Å². The molecule has 1 aliphatic rings. The Labute approximate surface area is 125 Å². The highest BCUT2D eigenvalue weighted by Crippen LogP contribution is 2.29. The summed E-state index contributed by atoms with van der Waals surface area (Å²) in [5, 5.41) is 9.33. The van der Waals surface area contributed by atoms with Crippen molar-refractivity contribution in [3.8, 4) is 5.75 Å². The molecule has 0 saturated carbocycles. The lowest BCUT2D eigenvalue weighted by Crippen LogP contribution is -2.44. The van der Waals surface area contributed by atoms with E-state index in [1.54, 1.807) is 7.11 Å². The monoisotopic (exact) mass is 293 g/mol. The first kappa shape index (κ1) is 15.8. The van der Waals surface area contributed by atoms with Crippen LogP contribution in [0.4, 0.5) is 0 Å². The van der Waals surface area contributed by atoms with Gasteiger partial charge in [0.1, 0.15) is 5.75 Å². The van der Waals surface area contributed by atoms with E-state index in [4.69, 9.17) is 9.47 Å². The van der Waals surface area contributed by atoms with Gasteiger partial charge in [-0.05, 0) is 31.2 Å². The van der Waals surface area contributed by atoms with Gasteiger partial charge in [0.05, 0.1) is 26.2 Å². The molecule has 0 radical (unpaired) electrons. The third-order valence-corrected chi connectivity index (χ3v) is 4.25. The van der Waals surface area contributed by atoms with Crippen LogP contribution in [0, 0.1) is 5.92 Å². The number of carboxylic acids is 1. The Balaban J connectivity index is 2.17. The number of nitrogens with zero attached hydrogens (tertiary/aromatic N) is 1. The van der Waals surface area contributed by atoms with Crippen molar-refractivity contribution in [1.29, 1.82) is 0 Å². The second-order valence-electron chi connectivity index (χ2n) is 5.33. The maximum Gasteiger partial charge on any atom is 0.310 e. The maximum absolute atomic E-state index is 11.4. The van der Waals surface area contributed by atoms with E-state index in [1.165, 1.54) is 0 Å². The van der Waals surface area contributed by atoms with Gasteiger partial charge in [0.25, 0.3) is 0 Å². The molecule has 1 heterocycles. The molecule has 0 bridgehead atoms. The second-order valence-corrected chi connectivity index (χ2v) is 5.33. The normalized spacial score (nSPS) is 23.2. The molecule has 1 aliphatic heterocycles. The van der Waals surface area contributed by atoms with Crippen molar-refractivity contribution >= 4 is 5.97 Å². The fourth-order valence-electron chi connectivity index (χ4n) is 2.98. The summed E-state index contributed by atoms with van der Waals surface area (Å²) < 4.78 is 10.6. The molecule has 5 nitrogen and oxygen atoms in total. The number of benzene rings is 1. The van der Waals surface area contributed by atoms with Crippen molar-refractivity contribution in [2.75, 3.05) is 26.9 Å². The molecular formula is C16H23NO4. The highest BCUT2D eigenvalue weighted by Gasteiger charge is 2.39. The Morgan fingerprint density at radius 1 is 1.43 bits per heavy atom. The average molecular weight is 293 g/mol. The number of hydrogen-bond acceptors (Lipinski definition) is 4. The van der Waals surface area contributed by atoms with Gasteiger partial charge >= 0.3 is 5.97 Å². The summed E-state index contributed by atoms with van der Waals surface area (Å²) in [6.07, 6.45) is 0.